The zero-order chi connectivity index (χ0) is 14.0. The molecule has 1 heterocycles. The SMILES string of the molecule is NC(=NCC1(c2ccccc2F)CC1)N1CCCCC1. The molecule has 1 saturated heterocycles. The molecule has 0 bridgehead atoms. The first-order valence-corrected chi connectivity index (χ1v) is 7.51. The van der Waals surface area contributed by atoms with Gasteiger partial charge in [0.2, 0.25) is 0 Å². The van der Waals surface area contributed by atoms with Crippen LogP contribution in [0.25, 0.3) is 0 Å². The second kappa shape index (κ2) is 5.43. The van der Waals surface area contributed by atoms with E-state index in [9.17, 15) is 4.39 Å². The van der Waals surface area contributed by atoms with Gasteiger partial charge in [-0.05, 0) is 43.7 Å². The van der Waals surface area contributed by atoms with Crippen LogP contribution in [-0.4, -0.2) is 30.5 Å². The highest BCUT2D eigenvalue weighted by Crippen LogP contribution is 2.49. The molecule has 2 fully saturated rings. The van der Waals surface area contributed by atoms with E-state index in [2.05, 4.69) is 9.89 Å². The third-order valence-electron chi connectivity index (χ3n) is 4.52. The minimum atomic E-state index is -0.114. The number of rotatable bonds is 3. The summed E-state index contributed by atoms with van der Waals surface area (Å²) < 4.78 is 13.9. The van der Waals surface area contributed by atoms with Crippen LogP contribution in [0.4, 0.5) is 4.39 Å². The lowest BCUT2D eigenvalue weighted by molar-refractivity contribution is 0.337. The number of benzene rings is 1. The highest BCUT2D eigenvalue weighted by atomic mass is 19.1. The second-order valence-electron chi connectivity index (χ2n) is 5.98. The van der Waals surface area contributed by atoms with Crippen molar-refractivity contribution >= 4 is 5.96 Å². The van der Waals surface area contributed by atoms with Crippen molar-refractivity contribution in [2.24, 2.45) is 10.7 Å². The number of guanidine groups is 1. The number of hydrogen-bond acceptors (Lipinski definition) is 1. The first kappa shape index (κ1) is 13.4. The van der Waals surface area contributed by atoms with E-state index in [1.54, 1.807) is 6.07 Å². The Labute approximate surface area is 119 Å². The summed E-state index contributed by atoms with van der Waals surface area (Å²) in [7, 11) is 0. The number of hydrogen-bond donors (Lipinski definition) is 1. The van der Waals surface area contributed by atoms with Crippen molar-refractivity contribution in [3.8, 4) is 0 Å². The van der Waals surface area contributed by atoms with Crippen molar-refractivity contribution in [3.63, 3.8) is 0 Å². The van der Waals surface area contributed by atoms with Crippen LogP contribution in [0.1, 0.15) is 37.7 Å². The summed E-state index contributed by atoms with van der Waals surface area (Å²) in [4.78, 5) is 6.71. The lowest BCUT2D eigenvalue weighted by Crippen LogP contribution is -2.41. The minimum Gasteiger partial charge on any atom is -0.370 e. The van der Waals surface area contributed by atoms with E-state index in [1.807, 2.05) is 12.1 Å². The second-order valence-corrected chi connectivity index (χ2v) is 5.98. The quantitative estimate of drug-likeness (QED) is 0.680. The maximum Gasteiger partial charge on any atom is 0.191 e. The molecule has 1 aromatic rings. The molecule has 0 unspecified atom stereocenters. The van der Waals surface area contributed by atoms with Crippen LogP contribution in [0.5, 0.6) is 0 Å². The Balaban J connectivity index is 1.69. The van der Waals surface area contributed by atoms with E-state index in [-0.39, 0.29) is 11.2 Å². The molecular weight excluding hydrogens is 253 g/mol. The number of nitrogens with two attached hydrogens (primary N) is 1. The minimum absolute atomic E-state index is 0.105. The Hall–Kier alpha value is -1.58. The largest absolute Gasteiger partial charge is 0.370 e. The van der Waals surface area contributed by atoms with Crippen LogP contribution in [0.15, 0.2) is 29.3 Å². The summed E-state index contributed by atoms with van der Waals surface area (Å²) in [5.74, 6) is 0.518. The van der Waals surface area contributed by atoms with E-state index < -0.39 is 0 Å². The van der Waals surface area contributed by atoms with Gasteiger partial charge in [0.1, 0.15) is 5.82 Å². The van der Waals surface area contributed by atoms with Crippen molar-refractivity contribution in [2.75, 3.05) is 19.6 Å². The number of likely N-dealkylation sites (tertiary alicyclic amines) is 1. The first-order chi connectivity index (χ1) is 9.71. The smallest absolute Gasteiger partial charge is 0.191 e. The highest BCUT2D eigenvalue weighted by molar-refractivity contribution is 5.78. The average molecular weight is 275 g/mol. The summed E-state index contributed by atoms with van der Waals surface area (Å²) in [5.41, 5.74) is 6.78. The molecule has 0 aromatic heterocycles. The van der Waals surface area contributed by atoms with Gasteiger partial charge in [-0.25, -0.2) is 4.39 Å². The van der Waals surface area contributed by atoms with E-state index in [4.69, 9.17) is 5.73 Å². The van der Waals surface area contributed by atoms with E-state index >= 15 is 0 Å². The van der Waals surface area contributed by atoms with Gasteiger partial charge < -0.3 is 10.6 Å². The third kappa shape index (κ3) is 2.65. The molecule has 0 amide bonds. The Morgan fingerprint density at radius 2 is 1.90 bits per heavy atom. The van der Waals surface area contributed by atoms with Gasteiger partial charge >= 0.3 is 0 Å². The summed E-state index contributed by atoms with van der Waals surface area (Å²) >= 11 is 0. The first-order valence-electron chi connectivity index (χ1n) is 7.51. The van der Waals surface area contributed by atoms with Crippen molar-refractivity contribution < 1.29 is 4.39 Å². The monoisotopic (exact) mass is 275 g/mol. The van der Waals surface area contributed by atoms with Crippen LogP contribution in [0.2, 0.25) is 0 Å². The Bertz CT molecular complexity index is 502. The van der Waals surface area contributed by atoms with Crippen LogP contribution in [-0.2, 0) is 5.41 Å². The normalized spacial score (nSPS) is 21.9. The van der Waals surface area contributed by atoms with Gasteiger partial charge in [0.15, 0.2) is 5.96 Å². The predicted octanol–water partition coefficient (Wildman–Crippen LogP) is 2.66. The molecule has 0 radical (unpaired) electrons. The number of piperidine rings is 1. The molecule has 0 atom stereocenters. The molecule has 0 spiro atoms. The summed E-state index contributed by atoms with van der Waals surface area (Å²) in [5, 5.41) is 0. The molecular formula is C16H22FN3. The molecule has 20 heavy (non-hydrogen) atoms. The van der Waals surface area contributed by atoms with Gasteiger partial charge in [0, 0.05) is 18.5 Å². The Morgan fingerprint density at radius 3 is 2.55 bits per heavy atom. The van der Waals surface area contributed by atoms with Crippen molar-refractivity contribution in [1.29, 1.82) is 0 Å². The average Bonchev–Trinajstić information content (AvgIpc) is 3.27. The highest BCUT2D eigenvalue weighted by Gasteiger charge is 2.45. The standard InChI is InChI=1S/C16H22FN3/c17-14-7-3-2-6-13(14)16(8-9-16)12-19-15(18)20-10-4-1-5-11-20/h2-3,6-7H,1,4-5,8-12H2,(H2,18,19). The van der Waals surface area contributed by atoms with Crippen molar-refractivity contribution in [3.05, 3.63) is 35.6 Å². The molecule has 1 saturated carbocycles. The molecule has 1 aromatic carbocycles. The third-order valence-corrected chi connectivity index (χ3v) is 4.52. The molecule has 1 aliphatic carbocycles. The summed E-state index contributed by atoms with van der Waals surface area (Å²) in [6.45, 7) is 2.61. The van der Waals surface area contributed by atoms with E-state index in [1.165, 1.54) is 25.3 Å². The Kier molecular flexibility index (Phi) is 3.64. The van der Waals surface area contributed by atoms with Crippen LogP contribution >= 0.6 is 0 Å². The van der Waals surface area contributed by atoms with Gasteiger partial charge in [-0.15, -0.1) is 0 Å². The summed E-state index contributed by atoms with van der Waals surface area (Å²) in [6.07, 6.45) is 5.67. The summed E-state index contributed by atoms with van der Waals surface area (Å²) in [6, 6.07) is 7.05. The number of aliphatic imine (C=N–C) groups is 1. The molecule has 3 nitrogen and oxygen atoms in total. The zero-order valence-electron chi connectivity index (χ0n) is 11.8. The topological polar surface area (TPSA) is 41.6 Å². The molecule has 3 rings (SSSR count). The van der Waals surface area contributed by atoms with Gasteiger partial charge in [-0.1, -0.05) is 18.2 Å². The molecule has 2 N–H and O–H groups in total. The fraction of sp³-hybridized carbons (Fsp3) is 0.562. The fourth-order valence-electron chi connectivity index (χ4n) is 3.01. The number of nitrogens with zero attached hydrogens (tertiary/aromatic N) is 2. The van der Waals surface area contributed by atoms with E-state index in [0.717, 1.165) is 31.5 Å². The van der Waals surface area contributed by atoms with Crippen LogP contribution < -0.4 is 5.73 Å². The molecule has 4 heteroatoms. The van der Waals surface area contributed by atoms with Crippen LogP contribution in [0, 0.1) is 5.82 Å². The van der Waals surface area contributed by atoms with Crippen molar-refractivity contribution in [2.45, 2.75) is 37.5 Å². The molecule has 2 aliphatic rings. The zero-order valence-corrected chi connectivity index (χ0v) is 11.8. The van der Waals surface area contributed by atoms with Crippen molar-refractivity contribution in [1.82, 2.24) is 4.90 Å². The van der Waals surface area contributed by atoms with Crippen LogP contribution in [0.3, 0.4) is 0 Å². The predicted molar refractivity (Wildman–Crippen MR) is 79.2 cm³/mol. The molecule has 108 valence electrons. The maximum atomic E-state index is 13.9. The maximum absolute atomic E-state index is 13.9. The van der Waals surface area contributed by atoms with E-state index in [0.29, 0.717) is 12.5 Å². The lowest BCUT2D eigenvalue weighted by Gasteiger charge is -2.28. The fourth-order valence-corrected chi connectivity index (χ4v) is 3.01. The van der Waals surface area contributed by atoms with Gasteiger partial charge in [-0.2, -0.15) is 0 Å². The number of halogens is 1. The van der Waals surface area contributed by atoms with Gasteiger partial charge in [-0.3, -0.25) is 4.99 Å². The Morgan fingerprint density at radius 1 is 1.20 bits per heavy atom. The van der Waals surface area contributed by atoms with Gasteiger partial charge in [0.05, 0.1) is 6.54 Å². The lowest BCUT2D eigenvalue weighted by atomic mass is 9.95. The molecule has 1 aliphatic heterocycles. The van der Waals surface area contributed by atoms with Gasteiger partial charge in [0.25, 0.3) is 0 Å².